The highest BCUT2D eigenvalue weighted by Crippen LogP contribution is 2.15. The van der Waals surface area contributed by atoms with E-state index in [1.165, 1.54) is 5.56 Å². The van der Waals surface area contributed by atoms with Gasteiger partial charge in [0.05, 0.1) is 19.3 Å². The Labute approximate surface area is 109 Å². The maximum atomic E-state index is 12.0. The molecular weight excluding hydrogens is 226 g/mol. The average Bonchev–Trinajstić information content (AvgIpc) is 2.40. The molecule has 0 spiro atoms. The molecule has 3 heteroatoms. The number of morpholine rings is 1. The van der Waals surface area contributed by atoms with Crippen molar-refractivity contribution in [2.24, 2.45) is 0 Å². The third-order valence-electron chi connectivity index (χ3n) is 3.34. The standard InChI is InChI=1S/C15H21NO2/c1-11(2)13-5-3-12(4-6-13)9-15(17)14-10-18-8-7-16-14/h3-6,11,14,16H,7-10H2,1-2H3. The van der Waals surface area contributed by atoms with Crippen LogP contribution < -0.4 is 5.32 Å². The molecule has 1 unspecified atom stereocenters. The van der Waals surface area contributed by atoms with Crippen LogP contribution in [0.3, 0.4) is 0 Å². The molecule has 0 amide bonds. The van der Waals surface area contributed by atoms with Crippen molar-refractivity contribution in [3.63, 3.8) is 0 Å². The van der Waals surface area contributed by atoms with Crippen molar-refractivity contribution in [1.82, 2.24) is 5.32 Å². The molecule has 0 saturated carbocycles. The van der Waals surface area contributed by atoms with Gasteiger partial charge in [0.1, 0.15) is 0 Å². The van der Waals surface area contributed by atoms with Crippen LogP contribution in [0.1, 0.15) is 30.9 Å². The molecule has 1 aromatic rings. The second kappa shape index (κ2) is 6.12. The zero-order chi connectivity index (χ0) is 13.0. The minimum Gasteiger partial charge on any atom is -0.378 e. The van der Waals surface area contributed by atoms with Gasteiger partial charge in [0, 0.05) is 13.0 Å². The Bertz CT molecular complexity index is 391. The summed E-state index contributed by atoms with van der Waals surface area (Å²) in [4.78, 5) is 12.0. The summed E-state index contributed by atoms with van der Waals surface area (Å²) in [5.74, 6) is 0.746. The summed E-state index contributed by atoms with van der Waals surface area (Å²) in [6.45, 7) is 6.31. The van der Waals surface area contributed by atoms with Crippen LogP contribution >= 0.6 is 0 Å². The number of carbonyl (C=O) groups is 1. The Morgan fingerprint density at radius 3 is 2.67 bits per heavy atom. The van der Waals surface area contributed by atoms with E-state index in [-0.39, 0.29) is 11.8 Å². The quantitative estimate of drug-likeness (QED) is 0.883. The summed E-state index contributed by atoms with van der Waals surface area (Å²) < 4.78 is 5.31. The fourth-order valence-corrected chi connectivity index (χ4v) is 2.12. The number of carbonyl (C=O) groups excluding carboxylic acids is 1. The van der Waals surface area contributed by atoms with Crippen molar-refractivity contribution in [2.75, 3.05) is 19.8 Å². The second-order valence-corrected chi connectivity index (χ2v) is 5.12. The molecule has 1 N–H and O–H groups in total. The van der Waals surface area contributed by atoms with Gasteiger partial charge in [0.15, 0.2) is 5.78 Å². The van der Waals surface area contributed by atoms with Gasteiger partial charge < -0.3 is 10.1 Å². The smallest absolute Gasteiger partial charge is 0.156 e. The van der Waals surface area contributed by atoms with E-state index in [2.05, 4.69) is 43.4 Å². The van der Waals surface area contributed by atoms with Crippen LogP contribution in [-0.4, -0.2) is 31.6 Å². The largest absolute Gasteiger partial charge is 0.378 e. The van der Waals surface area contributed by atoms with Crippen LogP contribution in [0.15, 0.2) is 24.3 Å². The summed E-state index contributed by atoms with van der Waals surface area (Å²) >= 11 is 0. The molecule has 18 heavy (non-hydrogen) atoms. The number of hydrogen-bond donors (Lipinski definition) is 1. The number of benzene rings is 1. The zero-order valence-electron chi connectivity index (χ0n) is 11.1. The monoisotopic (exact) mass is 247 g/mol. The summed E-state index contributed by atoms with van der Waals surface area (Å²) in [7, 11) is 0. The van der Waals surface area contributed by atoms with Gasteiger partial charge in [0.25, 0.3) is 0 Å². The molecule has 1 aliphatic heterocycles. The number of ketones is 1. The van der Waals surface area contributed by atoms with Gasteiger partial charge in [-0.05, 0) is 17.0 Å². The summed E-state index contributed by atoms with van der Waals surface area (Å²) in [6.07, 6.45) is 0.486. The van der Waals surface area contributed by atoms with E-state index in [1.807, 2.05) is 0 Å². The Hall–Kier alpha value is -1.19. The van der Waals surface area contributed by atoms with Crippen LogP contribution in [0.4, 0.5) is 0 Å². The maximum Gasteiger partial charge on any atom is 0.156 e. The van der Waals surface area contributed by atoms with Crippen molar-refractivity contribution < 1.29 is 9.53 Å². The molecule has 1 aliphatic rings. The maximum absolute atomic E-state index is 12.0. The molecule has 1 fully saturated rings. The van der Waals surface area contributed by atoms with E-state index in [0.717, 1.165) is 12.1 Å². The minimum atomic E-state index is -0.136. The number of Topliss-reactive ketones (excluding diaryl/α,β-unsaturated/α-hetero) is 1. The van der Waals surface area contributed by atoms with Gasteiger partial charge in [0.2, 0.25) is 0 Å². The Morgan fingerprint density at radius 1 is 1.39 bits per heavy atom. The molecule has 1 aromatic carbocycles. The van der Waals surface area contributed by atoms with Gasteiger partial charge >= 0.3 is 0 Å². The highest BCUT2D eigenvalue weighted by Gasteiger charge is 2.20. The first-order valence-corrected chi connectivity index (χ1v) is 6.59. The van der Waals surface area contributed by atoms with Crippen molar-refractivity contribution in [2.45, 2.75) is 32.2 Å². The lowest BCUT2D eigenvalue weighted by atomic mass is 9.98. The van der Waals surface area contributed by atoms with Crippen molar-refractivity contribution in [3.8, 4) is 0 Å². The van der Waals surface area contributed by atoms with Crippen molar-refractivity contribution in [1.29, 1.82) is 0 Å². The first-order valence-electron chi connectivity index (χ1n) is 6.59. The van der Waals surface area contributed by atoms with Gasteiger partial charge in [-0.1, -0.05) is 38.1 Å². The highest BCUT2D eigenvalue weighted by atomic mass is 16.5. The summed E-state index contributed by atoms with van der Waals surface area (Å²) in [5.41, 5.74) is 2.39. The Morgan fingerprint density at radius 2 is 2.11 bits per heavy atom. The first-order chi connectivity index (χ1) is 8.66. The molecule has 0 aromatic heterocycles. The first kappa shape index (κ1) is 13.2. The molecule has 1 saturated heterocycles. The van der Waals surface area contributed by atoms with Gasteiger partial charge in [-0.2, -0.15) is 0 Å². The van der Waals surface area contributed by atoms with Crippen LogP contribution in [0.25, 0.3) is 0 Å². The zero-order valence-corrected chi connectivity index (χ0v) is 11.1. The van der Waals surface area contributed by atoms with Crippen molar-refractivity contribution >= 4 is 5.78 Å². The van der Waals surface area contributed by atoms with E-state index >= 15 is 0 Å². The molecule has 2 rings (SSSR count). The molecule has 1 atom stereocenters. The molecule has 98 valence electrons. The van der Waals surface area contributed by atoms with Gasteiger partial charge in [-0.15, -0.1) is 0 Å². The van der Waals surface area contributed by atoms with Gasteiger partial charge in [-0.3, -0.25) is 4.79 Å². The second-order valence-electron chi connectivity index (χ2n) is 5.12. The average molecular weight is 247 g/mol. The Balaban J connectivity index is 1.94. The lowest BCUT2D eigenvalue weighted by molar-refractivity contribution is -0.123. The number of nitrogens with one attached hydrogen (secondary N) is 1. The fraction of sp³-hybridized carbons (Fsp3) is 0.533. The van der Waals surface area contributed by atoms with Crippen LogP contribution in [-0.2, 0) is 16.0 Å². The van der Waals surface area contributed by atoms with Gasteiger partial charge in [-0.25, -0.2) is 0 Å². The molecule has 0 radical (unpaired) electrons. The molecular formula is C15H21NO2. The predicted molar refractivity (Wildman–Crippen MR) is 71.9 cm³/mol. The number of rotatable bonds is 4. The normalized spacial score (nSPS) is 20.1. The third kappa shape index (κ3) is 3.40. The molecule has 3 nitrogen and oxygen atoms in total. The lowest BCUT2D eigenvalue weighted by Gasteiger charge is -2.22. The third-order valence-corrected chi connectivity index (χ3v) is 3.34. The van der Waals surface area contributed by atoms with E-state index in [0.29, 0.717) is 25.6 Å². The summed E-state index contributed by atoms with van der Waals surface area (Å²) in [5, 5.41) is 3.19. The predicted octanol–water partition coefficient (Wildman–Crippen LogP) is 1.91. The molecule has 1 heterocycles. The number of hydrogen-bond acceptors (Lipinski definition) is 3. The van der Waals surface area contributed by atoms with E-state index in [9.17, 15) is 4.79 Å². The van der Waals surface area contributed by atoms with Crippen LogP contribution in [0, 0.1) is 0 Å². The SMILES string of the molecule is CC(C)c1ccc(CC(=O)C2COCCN2)cc1. The Kier molecular flexibility index (Phi) is 4.50. The number of ether oxygens (including phenoxy) is 1. The van der Waals surface area contributed by atoms with Crippen LogP contribution in [0.5, 0.6) is 0 Å². The summed E-state index contributed by atoms with van der Waals surface area (Å²) in [6, 6.07) is 8.19. The van der Waals surface area contributed by atoms with Crippen LogP contribution in [0.2, 0.25) is 0 Å². The molecule has 0 aliphatic carbocycles. The fourth-order valence-electron chi connectivity index (χ4n) is 2.12. The minimum absolute atomic E-state index is 0.136. The van der Waals surface area contributed by atoms with E-state index in [4.69, 9.17) is 4.74 Å². The van der Waals surface area contributed by atoms with Crippen molar-refractivity contribution in [3.05, 3.63) is 35.4 Å². The highest BCUT2D eigenvalue weighted by molar-refractivity contribution is 5.86. The lowest BCUT2D eigenvalue weighted by Crippen LogP contribution is -2.47. The van der Waals surface area contributed by atoms with E-state index in [1.54, 1.807) is 0 Å². The molecule has 0 bridgehead atoms. The van der Waals surface area contributed by atoms with E-state index < -0.39 is 0 Å². The topological polar surface area (TPSA) is 38.3 Å².